The van der Waals surface area contributed by atoms with Crippen LogP contribution in [0.3, 0.4) is 0 Å². The fraction of sp³-hybridized carbons (Fsp3) is 0.129. The van der Waals surface area contributed by atoms with Crippen molar-refractivity contribution in [2.75, 3.05) is 12.4 Å². The summed E-state index contributed by atoms with van der Waals surface area (Å²) in [5.41, 5.74) is 4.57. The summed E-state index contributed by atoms with van der Waals surface area (Å²) in [4.78, 5) is 4.30. The molecule has 1 aromatic heterocycles. The van der Waals surface area contributed by atoms with Crippen molar-refractivity contribution in [2.45, 2.75) is 19.1 Å². The highest BCUT2D eigenvalue weighted by Crippen LogP contribution is 2.39. The summed E-state index contributed by atoms with van der Waals surface area (Å²) in [5, 5.41) is 3.90. The SMILES string of the molecule is COc1ccccc1CNc1cccc(-c2c(Cc3ccccc3)cnc3c(C(F)(F)F)cccc23)c1. The van der Waals surface area contributed by atoms with E-state index in [9.17, 15) is 13.2 Å². The molecule has 0 aliphatic rings. The number of aromatic nitrogens is 1. The van der Waals surface area contributed by atoms with Crippen molar-refractivity contribution in [1.29, 1.82) is 0 Å². The van der Waals surface area contributed by atoms with Crippen LogP contribution in [0.15, 0.2) is 103 Å². The number of nitrogens with zero attached hydrogens (tertiary/aromatic N) is 1. The Labute approximate surface area is 213 Å². The normalized spacial score (nSPS) is 11.5. The van der Waals surface area contributed by atoms with Crippen LogP contribution in [0.1, 0.15) is 22.3 Å². The molecule has 3 nitrogen and oxygen atoms in total. The molecule has 1 heterocycles. The van der Waals surface area contributed by atoms with Gasteiger partial charge in [0.2, 0.25) is 0 Å². The van der Waals surface area contributed by atoms with Gasteiger partial charge in [-0.1, -0.05) is 72.8 Å². The van der Waals surface area contributed by atoms with E-state index in [0.29, 0.717) is 18.4 Å². The number of pyridine rings is 1. The van der Waals surface area contributed by atoms with Crippen LogP contribution in [0, 0.1) is 0 Å². The molecule has 4 aromatic carbocycles. The Morgan fingerprint density at radius 2 is 1.57 bits per heavy atom. The number of alkyl halides is 3. The molecule has 0 atom stereocenters. The maximum Gasteiger partial charge on any atom is 0.418 e. The zero-order valence-corrected chi connectivity index (χ0v) is 20.2. The molecular weight excluding hydrogens is 473 g/mol. The van der Waals surface area contributed by atoms with Gasteiger partial charge in [-0.2, -0.15) is 13.2 Å². The molecule has 5 aromatic rings. The maximum absolute atomic E-state index is 13.8. The molecule has 0 fully saturated rings. The largest absolute Gasteiger partial charge is 0.496 e. The topological polar surface area (TPSA) is 34.1 Å². The summed E-state index contributed by atoms with van der Waals surface area (Å²) in [5.74, 6) is 0.788. The fourth-order valence-corrected chi connectivity index (χ4v) is 4.61. The van der Waals surface area contributed by atoms with Gasteiger partial charge >= 0.3 is 6.18 Å². The first-order chi connectivity index (χ1) is 17.9. The average molecular weight is 499 g/mol. The van der Waals surface area contributed by atoms with Crippen molar-refractivity contribution in [3.05, 3.63) is 126 Å². The third kappa shape index (κ3) is 5.28. The Morgan fingerprint density at radius 3 is 2.35 bits per heavy atom. The number of fused-ring (bicyclic) bond motifs is 1. The van der Waals surface area contributed by atoms with Crippen LogP contribution in [-0.2, 0) is 19.1 Å². The van der Waals surface area contributed by atoms with Gasteiger partial charge in [-0.15, -0.1) is 0 Å². The number of para-hydroxylation sites is 2. The molecule has 0 saturated carbocycles. The van der Waals surface area contributed by atoms with Gasteiger partial charge in [-0.25, -0.2) is 0 Å². The zero-order valence-electron chi connectivity index (χ0n) is 20.2. The number of benzene rings is 4. The second-order valence-electron chi connectivity index (χ2n) is 8.77. The molecule has 0 saturated heterocycles. The summed E-state index contributed by atoms with van der Waals surface area (Å²) in [6, 6.07) is 29.6. The Balaban J connectivity index is 1.60. The van der Waals surface area contributed by atoms with Gasteiger partial charge in [0.05, 0.1) is 18.2 Å². The van der Waals surface area contributed by atoms with Gasteiger partial charge in [-0.05, 0) is 52.9 Å². The summed E-state index contributed by atoms with van der Waals surface area (Å²) >= 11 is 0. The highest BCUT2D eigenvalue weighted by atomic mass is 19.4. The van der Waals surface area contributed by atoms with Gasteiger partial charge in [-0.3, -0.25) is 4.98 Å². The monoisotopic (exact) mass is 498 g/mol. The lowest BCUT2D eigenvalue weighted by atomic mass is 9.91. The van der Waals surface area contributed by atoms with Crippen molar-refractivity contribution < 1.29 is 17.9 Å². The first-order valence-electron chi connectivity index (χ1n) is 11.9. The van der Waals surface area contributed by atoms with Crippen LogP contribution >= 0.6 is 0 Å². The van der Waals surface area contributed by atoms with Gasteiger partial charge in [0.25, 0.3) is 0 Å². The molecule has 0 amide bonds. The molecule has 0 radical (unpaired) electrons. The average Bonchev–Trinajstić information content (AvgIpc) is 2.91. The first kappa shape index (κ1) is 24.4. The summed E-state index contributed by atoms with van der Waals surface area (Å²) < 4.78 is 46.9. The number of hydrogen-bond donors (Lipinski definition) is 1. The van der Waals surface area contributed by atoms with Gasteiger partial charge in [0.15, 0.2) is 0 Å². The molecule has 0 unspecified atom stereocenters. The van der Waals surface area contributed by atoms with Crippen LogP contribution in [0.4, 0.5) is 18.9 Å². The van der Waals surface area contributed by atoms with Gasteiger partial charge < -0.3 is 10.1 Å². The van der Waals surface area contributed by atoms with Crippen molar-refractivity contribution in [1.82, 2.24) is 4.98 Å². The lowest BCUT2D eigenvalue weighted by molar-refractivity contribution is -0.136. The molecule has 0 aliphatic heterocycles. The highest BCUT2D eigenvalue weighted by Gasteiger charge is 2.33. The Bertz CT molecular complexity index is 1530. The number of methoxy groups -OCH3 is 1. The molecule has 0 aliphatic carbocycles. The van der Waals surface area contributed by atoms with Crippen LogP contribution in [0.5, 0.6) is 5.75 Å². The maximum atomic E-state index is 13.8. The summed E-state index contributed by atoms with van der Waals surface area (Å²) in [6.07, 6.45) is -2.37. The van der Waals surface area contributed by atoms with Crippen LogP contribution < -0.4 is 10.1 Å². The standard InChI is InChI=1S/C31H25F3N2O/c1-37-28-16-6-5-11-23(28)19-35-25-13-7-12-22(18-25)29-24(17-21-9-3-2-4-10-21)20-36-30-26(29)14-8-15-27(30)31(32,33)34/h2-16,18,20,35H,17,19H2,1H3. The first-order valence-corrected chi connectivity index (χ1v) is 11.9. The van der Waals surface area contributed by atoms with Crippen LogP contribution in [0.25, 0.3) is 22.0 Å². The Kier molecular flexibility index (Phi) is 6.82. The van der Waals surface area contributed by atoms with Crippen LogP contribution in [0.2, 0.25) is 0 Å². The fourth-order valence-electron chi connectivity index (χ4n) is 4.61. The van der Waals surface area contributed by atoms with Crippen molar-refractivity contribution in [3.8, 4) is 16.9 Å². The molecule has 1 N–H and O–H groups in total. The number of ether oxygens (including phenoxy) is 1. The number of rotatable bonds is 7. The summed E-state index contributed by atoms with van der Waals surface area (Å²) in [7, 11) is 1.64. The number of nitrogens with one attached hydrogen (secondary N) is 1. The van der Waals surface area contributed by atoms with Crippen molar-refractivity contribution >= 4 is 16.6 Å². The molecule has 0 spiro atoms. The minimum Gasteiger partial charge on any atom is -0.496 e. The van der Waals surface area contributed by atoms with E-state index in [1.54, 1.807) is 19.4 Å². The third-order valence-electron chi connectivity index (χ3n) is 6.35. The predicted molar refractivity (Wildman–Crippen MR) is 142 cm³/mol. The van der Waals surface area contributed by atoms with Crippen molar-refractivity contribution in [2.24, 2.45) is 0 Å². The van der Waals surface area contributed by atoms with E-state index in [2.05, 4.69) is 10.3 Å². The minimum absolute atomic E-state index is 0.0470. The number of hydrogen-bond acceptors (Lipinski definition) is 3. The van der Waals surface area contributed by atoms with Crippen molar-refractivity contribution in [3.63, 3.8) is 0 Å². The van der Waals surface area contributed by atoms with E-state index in [4.69, 9.17) is 4.74 Å². The van der Waals surface area contributed by atoms with Crippen LogP contribution in [-0.4, -0.2) is 12.1 Å². The highest BCUT2D eigenvalue weighted by molar-refractivity contribution is 5.98. The van der Waals surface area contributed by atoms with E-state index < -0.39 is 11.7 Å². The van der Waals surface area contributed by atoms with Gasteiger partial charge in [0, 0.05) is 29.4 Å². The predicted octanol–water partition coefficient (Wildman–Crippen LogP) is 8.13. The molecule has 37 heavy (non-hydrogen) atoms. The number of anilines is 1. The van der Waals surface area contributed by atoms with E-state index in [0.717, 1.165) is 45.3 Å². The van der Waals surface area contributed by atoms with E-state index in [-0.39, 0.29) is 5.52 Å². The molecule has 0 bridgehead atoms. The molecule has 5 rings (SSSR count). The molecule has 6 heteroatoms. The second-order valence-corrected chi connectivity index (χ2v) is 8.77. The lowest BCUT2D eigenvalue weighted by Crippen LogP contribution is -2.07. The zero-order chi connectivity index (χ0) is 25.8. The van der Waals surface area contributed by atoms with E-state index >= 15 is 0 Å². The number of halogens is 3. The lowest BCUT2D eigenvalue weighted by Gasteiger charge is -2.17. The van der Waals surface area contributed by atoms with Gasteiger partial charge in [0.1, 0.15) is 5.75 Å². The quantitative estimate of drug-likeness (QED) is 0.246. The third-order valence-corrected chi connectivity index (χ3v) is 6.35. The molecular formula is C31H25F3N2O. The van der Waals surface area contributed by atoms with E-state index in [1.807, 2.05) is 78.9 Å². The minimum atomic E-state index is -4.50. The van der Waals surface area contributed by atoms with E-state index in [1.165, 1.54) is 6.07 Å². The summed E-state index contributed by atoms with van der Waals surface area (Å²) in [6.45, 7) is 0.541. The Hall–Kier alpha value is -4.32. The second kappa shape index (κ2) is 10.3. The Morgan fingerprint density at radius 1 is 0.811 bits per heavy atom. The smallest absolute Gasteiger partial charge is 0.418 e. The molecule has 186 valence electrons.